The number of hydrazine groups is 2. The number of nitrogens with two attached hydrogens (primary N) is 1. The largest absolute Gasteiger partial charge is 0.398 e. The van der Waals surface area contributed by atoms with Crippen LogP contribution >= 0.6 is 11.6 Å². The zero-order chi connectivity index (χ0) is 22.0. The smallest absolute Gasteiger partial charge is 0.227 e. The summed E-state index contributed by atoms with van der Waals surface area (Å²) in [5, 5.41) is 20.7. The van der Waals surface area contributed by atoms with Crippen molar-refractivity contribution in [2.75, 3.05) is 33.0 Å². The van der Waals surface area contributed by atoms with Gasteiger partial charge in [-0.05, 0) is 52.3 Å². The lowest BCUT2D eigenvalue weighted by atomic mass is 10.2. The molecular weight excluding hydrogens is 404 g/mol. The van der Waals surface area contributed by atoms with Crippen LogP contribution in [0.1, 0.15) is 41.0 Å². The van der Waals surface area contributed by atoms with Crippen LogP contribution in [0.5, 0.6) is 0 Å². The Balaban J connectivity index is 2.11. The highest BCUT2D eigenvalue weighted by Crippen LogP contribution is 2.41. The van der Waals surface area contributed by atoms with Crippen LogP contribution in [0.2, 0.25) is 5.02 Å². The second kappa shape index (κ2) is 9.11. The summed E-state index contributed by atoms with van der Waals surface area (Å²) in [6, 6.07) is 5.56. The van der Waals surface area contributed by atoms with Gasteiger partial charge in [-0.15, -0.1) is 5.53 Å². The maximum atomic E-state index is 9.61. The molecule has 1 atom stereocenters. The van der Waals surface area contributed by atoms with E-state index in [1.165, 1.54) is 0 Å². The summed E-state index contributed by atoms with van der Waals surface area (Å²) >= 11 is 6.21. The molecule has 0 aliphatic carbocycles. The quantitative estimate of drug-likeness (QED) is 0.398. The number of hydrogen-bond donors (Lipinski definition) is 5. The maximum absolute atomic E-state index is 9.61. The summed E-state index contributed by atoms with van der Waals surface area (Å²) < 4.78 is 0. The number of rotatable bonds is 8. The fourth-order valence-corrected chi connectivity index (χ4v) is 3.31. The second-order valence-corrected chi connectivity index (χ2v) is 8.30. The van der Waals surface area contributed by atoms with E-state index in [0.717, 1.165) is 23.6 Å². The van der Waals surface area contributed by atoms with E-state index in [-0.39, 0.29) is 24.7 Å². The lowest BCUT2D eigenvalue weighted by molar-refractivity contribution is 0.271. The van der Waals surface area contributed by atoms with E-state index in [9.17, 15) is 5.11 Å². The highest BCUT2D eigenvalue weighted by Gasteiger charge is 2.35. The van der Waals surface area contributed by atoms with Gasteiger partial charge >= 0.3 is 0 Å². The number of nitrogens with zero attached hydrogens (tertiary/aromatic N) is 4. The predicted octanol–water partition coefficient (Wildman–Crippen LogP) is 3.50. The Bertz CT molecular complexity index is 887. The summed E-state index contributed by atoms with van der Waals surface area (Å²) in [6.45, 7) is 10.4. The Labute approximate surface area is 182 Å². The fraction of sp³-hybridized carbons (Fsp3) is 0.500. The van der Waals surface area contributed by atoms with Crippen molar-refractivity contribution in [3.8, 4) is 0 Å². The number of benzene rings is 1. The number of nitrogens with one attached hydrogen (secondary N) is 3. The minimum absolute atomic E-state index is 0.00244. The number of aromatic nitrogens is 2. The lowest BCUT2D eigenvalue weighted by Gasteiger charge is -2.27. The van der Waals surface area contributed by atoms with Gasteiger partial charge in [-0.25, -0.2) is 0 Å². The molecule has 1 aliphatic heterocycles. The molecule has 2 heterocycles. The third kappa shape index (κ3) is 4.48. The average Bonchev–Trinajstić information content (AvgIpc) is 3.09. The second-order valence-electron chi connectivity index (χ2n) is 7.89. The van der Waals surface area contributed by atoms with Gasteiger partial charge in [-0.2, -0.15) is 9.97 Å². The molecule has 2 aromatic rings. The van der Waals surface area contributed by atoms with Crippen molar-refractivity contribution in [1.29, 1.82) is 0 Å². The molecular formula is C20H31ClN8O. The molecule has 10 heteroatoms. The Morgan fingerprint density at radius 3 is 2.43 bits per heavy atom. The van der Waals surface area contributed by atoms with Crippen LogP contribution in [0, 0.1) is 0 Å². The molecule has 0 radical (unpaired) electrons. The maximum Gasteiger partial charge on any atom is 0.227 e. The van der Waals surface area contributed by atoms with E-state index in [2.05, 4.69) is 43.9 Å². The van der Waals surface area contributed by atoms with Crippen molar-refractivity contribution in [1.82, 2.24) is 15.5 Å². The predicted molar refractivity (Wildman–Crippen MR) is 124 cm³/mol. The van der Waals surface area contributed by atoms with E-state index >= 15 is 0 Å². The van der Waals surface area contributed by atoms with Gasteiger partial charge in [-0.1, -0.05) is 18.5 Å². The van der Waals surface area contributed by atoms with E-state index in [1.807, 2.05) is 23.0 Å². The minimum atomic E-state index is -0.134. The number of anilines is 6. The molecule has 1 aliphatic rings. The van der Waals surface area contributed by atoms with Crippen LogP contribution in [-0.2, 0) is 0 Å². The van der Waals surface area contributed by atoms with Crippen LogP contribution in [-0.4, -0.2) is 39.8 Å². The molecule has 1 aromatic carbocycles. The molecule has 0 saturated carbocycles. The first kappa shape index (κ1) is 22.2. The van der Waals surface area contributed by atoms with Crippen LogP contribution < -0.4 is 31.9 Å². The summed E-state index contributed by atoms with van der Waals surface area (Å²) in [5.74, 6) is 1.82. The van der Waals surface area contributed by atoms with Crippen LogP contribution in [0.4, 0.5) is 34.6 Å². The van der Waals surface area contributed by atoms with Gasteiger partial charge in [0.25, 0.3) is 0 Å². The van der Waals surface area contributed by atoms with E-state index in [0.29, 0.717) is 22.5 Å². The summed E-state index contributed by atoms with van der Waals surface area (Å²) in [6.07, 6.45) is 0.748. The number of hydrogen-bond acceptors (Lipinski definition) is 9. The molecule has 3 rings (SSSR count). The third-order valence-corrected chi connectivity index (χ3v) is 5.22. The van der Waals surface area contributed by atoms with Gasteiger partial charge in [-0.3, -0.25) is 10.0 Å². The third-order valence-electron chi connectivity index (χ3n) is 4.89. The molecule has 1 unspecified atom stereocenters. The van der Waals surface area contributed by atoms with Crippen molar-refractivity contribution in [3.05, 3.63) is 23.2 Å². The molecule has 0 bridgehead atoms. The monoisotopic (exact) mass is 434 g/mol. The van der Waals surface area contributed by atoms with Gasteiger partial charge < -0.3 is 21.5 Å². The van der Waals surface area contributed by atoms with Crippen molar-refractivity contribution >= 4 is 46.2 Å². The lowest BCUT2D eigenvalue weighted by Crippen LogP contribution is -2.50. The number of fused-ring (bicyclic) bond motifs is 1. The number of aliphatic hydroxyl groups excluding tert-OH is 1. The molecule has 1 aromatic heterocycles. The number of nitrogen functional groups attached to an aromatic ring is 1. The van der Waals surface area contributed by atoms with Crippen LogP contribution in [0.25, 0.3) is 0 Å². The molecule has 0 spiro atoms. The minimum Gasteiger partial charge on any atom is -0.398 e. The van der Waals surface area contributed by atoms with E-state index in [4.69, 9.17) is 27.3 Å². The molecule has 30 heavy (non-hydrogen) atoms. The van der Waals surface area contributed by atoms with Crippen LogP contribution in [0.15, 0.2) is 18.2 Å². The van der Waals surface area contributed by atoms with Gasteiger partial charge in [0.15, 0.2) is 11.6 Å². The topological polar surface area (TPSA) is 115 Å². The Morgan fingerprint density at radius 2 is 1.87 bits per heavy atom. The molecule has 9 nitrogen and oxygen atoms in total. The number of halogens is 1. The van der Waals surface area contributed by atoms with Gasteiger partial charge in [0, 0.05) is 17.8 Å². The van der Waals surface area contributed by atoms with E-state index < -0.39 is 0 Å². The van der Waals surface area contributed by atoms with Crippen molar-refractivity contribution in [3.63, 3.8) is 0 Å². The first-order valence-electron chi connectivity index (χ1n) is 10.2. The Kier molecular flexibility index (Phi) is 6.74. The van der Waals surface area contributed by atoms with Crippen LogP contribution in [0.3, 0.4) is 0 Å². The summed E-state index contributed by atoms with van der Waals surface area (Å²) in [4.78, 5) is 9.49. The van der Waals surface area contributed by atoms with Gasteiger partial charge in [0.1, 0.15) is 5.69 Å². The first-order valence-corrected chi connectivity index (χ1v) is 10.6. The molecule has 164 valence electrons. The van der Waals surface area contributed by atoms with Crippen molar-refractivity contribution in [2.45, 2.75) is 59.2 Å². The van der Waals surface area contributed by atoms with Gasteiger partial charge in [0.05, 0.1) is 23.4 Å². The molecule has 6 N–H and O–H groups in total. The zero-order valence-corrected chi connectivity index (χ0v) is 18.8. The van der Waals surface area contributed by atoms with Crippen molar-refractivity contribution < 1.29 is 5.11 Å². The Morgan fingerprint density at radius 1 is 1.17 bits per heavy atom. The highest BCUT2D eigenvalue weighted by molar-refractivity contribution is 6.33. The normalized spacial score (nSPS) is 14.4. The average molecular weight is 435 g/mol. The number of aliphatic hydroxyl groups is 1. The molecule has 0 saturated heterocycles. The zero-order valence-electron chi connectivity index (χ0n) is 18.1. The molecule has 0 amide bonds. The highest BCUT2D eigenvalue weighted by atomic mass is 35.5. The first-order chi connectivity index (χ1) is 14.2. The molecule has 0 fully saturated rings. The van der Waals surface area contributed by atoms with Gasteiger partial charge in [0.2, 0.25) is 5.95 Å². The summed E-state index contributed by atoms with van der Waals surface area (Å²) in [7, 11) is 0. The SMILES string of the molecule is CCC(CO)Nc1nc(Nc2ccc(N)c(Cl)c2)c2c(n1)N(C(C)C)NN2C(C)C. The summed E-state index contributed by atoms with van der Waals surface area (Å²) in [5.41, 5.74) is 11.4. The van der Waals surface area contributed by atoms with E-state index in [1.54, 1.807) is 12.1 Å². The Hall–Kier alpha value is -2.49. The fourth-order valence-electron chi connectivity index (χ4n) is 3.13. The standard InChI is InChI=1S/C20H31ClN8O/c1-6-13(10-30)24-20-25-18(23-14-7-8-16(22)15(21)9-14)17-19(26-20)29(12(4)5)27-28(17)11(2)3/h7-9,11-13,27,30H,6,10,22H2,1-5H3,(H2,23,24,25,26). The van der Waals surface area contributed by atoms with Crippen molar-refractivity contribution in [2.24, 2.45) is 0 Å².